The zero-order chi connectivity index (χ0) is 17.9. The highest BCUT2D eigenvalue weighted by atomic mass is 32.2. The van der Waals surface area contributed by atoms with Crippen LogP contribution in [-0.2, 0) is 6.54 Å². The third-order valence-corrected chi connectivity index (χ3v) is 4.27. The first kappa shape index (κ1) is 17.3. The van der Waals surface area contributed by atoms with Gasteiger partial charge in [-0.2, -0.15) is 13.2 Å². The van der Waals surface area contributed by atoms with Crippen LogP contribution in [0.2, 0.25) is 0 Å². The van der Waals surface area contributed by atoms with E-state index in [-0.39, 0.29) is 29.0 Å². The highest BCUT2D eigenvalue weighted by Gasteiger charge is 2.33. The van der Waals surface area contributed by atoms with Crippen LogP contribution < -0.4 is 4.74 Å². The summed E-state index contributed by atoms with van der Waals surface area (Å²) in [6.45, 7) is 0.183. The summed E-state index contributed by atoms with van der Waals surface area (Å²) in [4.78, 5) is 0. The SMILES string of the molecule is COc1ccc(Cn2nnc(-c3ccccc3)c2SC(F)(F)F)cc1. The number of aromatic nitrogens is 3. The number of hydrogen-bond donors (Lipinski definition) is 0. The molecule has 0 spiro atoms. The zero-order valence-corrected chi connectivity index (χ0v) is 14.0. The van der Waals surface area contributed by atoms with E-state index >= 15 is 0 Å². The zero-order valence-electron chi connectivity index (χ0n) is 13.2. The Morgan fingerprint density at radius 2 is 1.72 bits per heavy atom. The van der Waals surface area contributed by atoms with Gasteiger partial charge < -0.3 is 4.74 Å². The second-order valence-electron chi connectivity index (χ2n) is 5.16. The minimum absolute atomic E-state index is 0.0329. The molecule has 130 valence electrons. The van der Waals surface area contributed by atoms with E-state index in [1.54, 1.807) is 61.7 Å². The van der Waals surface area contributed by atoms with Crippen molar-refractivity contribution in [3.63, 3.8) is 0 Å². The lowest BCUT2D eigenvalue weighted by Gasteiger charge is -2.10. The van der Waals surface area contributed by atoms with Crippen molar-refractivity contribution in [3.05, 3.63) is 60.2 Å². The Morgan fingerprint density at radius 3 is 2.32 bits per heavy atom. The van der Waals surface area contributed by atoms with E-state index in [2.05, 4.69) is 10.3 Å². The minimum atomic E-state index is -4.43. The summed E-state index contributed by atoms with van der Waals surface area (Å²) in [6.07, 6.45) is 0. The minimum Gasteiger partial charge on any atom is -0.497 e. The van der Waals surface area contributed by atoms with Gasteiger partial charge in [-0.1, -0.05) is 47.7 Å². The third kappa shape index (κ3) is 4.33. The molecule has 3 aromatic rings. The summed E-state index contributed by atoms with van der Waals surface area (Å²) in [5.41, 5.74) is -2.82. The number of ether oxygens (including phenoxy) is 1. The Morgan fingerprint density at radius 1 is 1.04 bits per heavy atom. The molecule has 0 fully saturated rings. The quantitative estimate of drug-likeness (QED) is 0.619. The van der Waals surface area contributed by atoms with Crippen LogP contribution in [0.25, 0.3) is 11.3 Å². The van der Waals surface area contributed by atoms with Gasteiger partial charge in [0.15, 0.2) is 0 Å². The molecule has 0 unspecified atom stereocenters. The van der Waals surface area contributed by atoms with Crippen LogP contribution in [0, 0.1) is 0 Å². The monoisotopic (exact) mass is 365 g/mol. The summed E-state index contributed by atoms with van der Waals surface area (Å²) in [7, 11) is 1.55. The summed E-state index contributed by atoms with van der Waals surface area (Å²) >= 11 is -0.204. The fourth-order valence-corrected chi connectivity index (χ4v) is 2.98. The molecule has 0 aliphatic heterocycles. The van der Waals surface area contributed by atoms with Gasteiger partial charge in [0.25, 0.3) is 0 Å². The van der Waals surface area contributed by atoms with Gasteiger partial charge in [-0.15, -0.1) is 5.10 Å². The van der Waals surface area contributed by atoms with Gasteiger partial charge in [-0.3, -0.25) is 0 Å². The van der Waals surface area contributed by atoms with Gasteiger partial charge >= 0.3 is 5.51 Å². The Kier molecular flexibility index (Phi) is 4.98. The number of nitrogens with zero attached hydrogens (tertiary/aromatic N) is 3. The molecule has 0 saturated carbocycles. The van der Waals surface area contributed by atoms with Crippen molar-refractivity contribution >= 4 is 11.8 Å². The average molecular weight is 365 g/mol. The molecule has 2 aromatic carbocycles. The molecule has 8 heteroatoms. The third-order valence-electron chi connectivity index (χ3n) is 3.44. The van der Waals surface area contributed by atoms with Crippen molar-refractivity contribution in [2.75, 3.05) is 7.11 Å². The summed E-state index contributed by atoms with van der Waals surface area (Å²) in [6, 6.07) is 15.8. The van der Waals surface area contributed by atoms with Crippen LogP contribution in [-0.4, -0.2) is 27.6 Å². The van der Waals surface area contributed by atoms with Gasteiger partial charge in [0.05, 0.1) is 13.7 Å². The molecule has 0 saturated heterocycles. The standard InChI is InChI=1S/C17H14F3N3OS/c1-24-14-9-7-12(8-10-14)11-23-16(25-17(18,19)20)15(21-22-23)13-5-3-2-4-6-13/h2-10H,11H2,1H3. The second kappa shape index (κ2) is 7.18. The van der Waals surface area contributed by atoms with E-state index in [9.17, 15) is 13.2 Å². The molecule has 0 radical (unpaired) electrons. The van der Waals surface area contributed by atoms with Crippen LogP contribution in [0.3, 0.4) is 0 Å². The molecular formula is C17H14F3N3OS. The van der Waals surface area contributed by atoms with Crippen molar-refractivity contribution in [2.24, 2.45) is 0 Å². The van der Waals surface area contributed by atoms with Crippen LogP contribution in [0.15, 0.2) is 59.6 Å². The first-order valence-corrected chi connectivity index (χ1v) is 8.15. The fourth-order valence-electron chi connectivity index (χ4n) is 2.30. The fraction of sp³-hybridized carbons (Fsp3) is 0.176. The van der Waals surface area contributed by atoms with Crippen LogP contribution in [0.4, 0.5) is 13.2 Å². The molecule has 25 heavy (non-hydrogen) atoms. The lowest BCUT2D eigenvalue weighted by molar-refractivity contribution is -0.0330. The maximum Gasteiger partial charge on any atom is 0.447 e. The highest BCUT2D eigenvalue weighted by Crippen LogP contribution is 2.41. The lowest BCUT2D eigenvalue weighted by Crippen LogP contribution is -2.08. The second-order valence-corrected chi connectivity index (χ2v) is 6.22. The number of thioether (sulfide) groups is 1. The Hall–Kier alpha value is -2.48. The Labute approximate surface area is 146 Å². The Bertz CT molecular complexity index is 833. The smallest absolute Gasteiger partial charge is 0.447 e. The van der Waals surface area contributed by atoms with Gasteiger partial charge in [-0.05, 0) is 17.7 Å². The molecule has 0 bridgehead atoms. The maximum atomic E-state index is 13.0. The van der Waals surface area contributed by atoms with E-state index in [4.69, 9.17) is 4.74 Å². The molecule has 0 amide bonds. The lowest BCUT2D eigenvalue weighted by atomic mass is 10.2. The highest BCUT2D eigenvalue weighted by molar-refractivity contribution is 8.00. The van der Waals surface area contributed by atoms with E-state index in [1.807, 2.05) is 0 Å². The van der Waals surface area contributed by atoms with Crippen molar-refractivity contribution in [1.82, 2.24) is 15.0 Å². The van der Waals surface area contributed by atoms with Crippen molar-refractivity contribution in [3.8, 4) is 17.0 Å². The van der Waals surface area contributed by atoms with Gasteiger partial charge in [0, 0.05) is 17.3 Å². The topological polar surface area (TPSA) is 39.9 Å². The molecule has 1 heterocycles. The summed E-state index contributed by atoms with van der Waals surface area (Å²) in [5.74, 6) is 0.678. The molecular weight excluding hydrogens is 351 g/mol. The summed E-state index contributed by atoms with van der Waals surface area (Å²) in [5, 5.41) is 7.86. The first-order valence-electron chi connectivity index (χ1n) is 7.34. The van der Waals surface area contributed by atoms with Crippen LogP contribution >= 0.6 is 11.8 Å². The average Bonchev–Trinajstić information content (AvgIpc) is 2.97. The molecule has 1 aromatic heterocycles. The number of halogens is 3. The van der Waals surface area contributed by atoms with Crippen molar-refractivity contribution in [1.29, 1.82) is 0 Å². The van der Waals surface area contributed by atoms with Gasteiger partial charge in [0.2, 0.25) is 0 Å². The number of benzene rings is 2. The normalized spacial score (nSPS) is 11.5. The van der Waals surface area contributed by atoms with Gasteiger partial charge in [-0.25, -0.2) is 4.68 Å². The molecule has 0 atom stereocenters. The van der Waals surface area contributed by atoms with E-state index < -0.39 is 5.51 Å². The molecule has 0 aliphatic carbocycles. The number of alkyl halides is 3. The predicted molar refractivity (Wildman–Crippen MR) is 89.5 cm³/mol. The molecule has 4 nitrogen and oxygen atoms in total. The van der Waals surface area contributed by atoms with Crippen molar-refractivity contribution < 1.29 is 17.9 Å². The van der Waals surface area contributed by atoms with E-state index in [0.717, 1.165) is 5.56 Å². The van der Waals surface area contributed by atoms with E-state index in [1.165, 1.54) is 4.68 Å². The molecule has 0 N–H and O–H groups in total. The number of rotatable bonds is 5. The van der Waals surface area contributed by atoms with Crippen molar-refractivity contribution in [2.45, 2.75) is 17.1 Å². The molecule has 0 aliphatic rings. The largest absolute Gasteiger partial charge is 0.497 e. The van der Waals surface area contributed by atoms with Gasteiger partial charge in [0.1, 0.15) is 16.5 Å². The Balaban J connectivity index is 1.96. The first-order chi connectivity index (χ1) is 12.0. The van der Waals surface area contributed by atoms with E-state index in [0.29, 0.717) is 11.3 Å². The number of methoxy groups -OCH3 is 1. The van der Waals surface area contributed by atoms with Crippen LogP contribution in [0.1, 0.15) is 5.56 Å². The predicted octanol–water partition coefficient (Wildman–Crippen LogP) is 4.61. The summed E-state index contributed by atoms with van der Waals surface area (Å²) < 4.78 is 45.4. The van der Waals surface area contributed by atoms with Crippen LogP contribution in [0.5, 0.6) is 5.75 Å². The number of hydrogen-bond acceptors (Lipinski definition) is 4. The molecule has 3 rings (SSSR count). The maximum absolute atomic E-state index is 13.0.